The van der Waals surface area contributed by atoms with Crippen molar-refractivity contribution in [2.24, 2.45) is 0 Å². The van der Waals surface area contributed by atoms with E-state index < -0.39 is 0 Å². The van der Waals surface area contributed by atoms with E-state index in [2.05, 4.69) is 228 Å². The third-order valence-corrected chi connectivity index (χ3v) is 11.4. The highest BCUT2D eigenvalue weighted by Crippen LogP contribution is 2.44. The van der Waals surface area contributed by atoms with Gasteiger partial charge in [-0.25, -0.2) is 0 Å². The summed E-state index contributed by atoms with van der Waals surface area (Å²) in [6.07, 6.45) is 0. The zero-order valence-corrected chi connectivity index (χ0v) is 30.7. The summed E-state index contributed by atoms with van der Waals surface area (Å²) in [5, 5.41) is 5.01. The molecule has 2 heterocycles. The van der Waals surface area contributed by atoms with Gasteiger partial charge < -0.3 is 9.13 Å². The Morgan fingerprint density at radius 3 is 1.21 bits per heavy atom. The van der Waals surface area contributed by atoms with Crippen molar-refractivity contribution < 1.29 is 0 Å². The Morgan fingerprint density at radius 1 is 0.232 bits per heavy atom. The minimum absolute atomic E-state index is 1.14. The van der Waals surface area contributed by atoms with Crippen LogP contribution < -0.4 is 0 Å². The summed E-state index contributed by atoms with van der Waals surface area (Å²) in [5.41, 5.74) is 16.8. The average Bonchev–Trinajstić information content (AvgIpc) is 3.80. The second-order valence-corrected chi connectivity index (χ2v) is 14.5. The molecule has 0 aliphatic rings. The zero-order chi connectivity index (χ0) is 37.0. The van der Waals surface area contributed by atoms with Crippen molar-refractivity contribution in [2.45, 2.75) is 0 Å². The van der Waals surface area contributed by atoms with Gasteiger partial charge in [0.1, 0.15) is 0 Å². The summed E-state index contributed by atoms with van der Waals surface area (Å²) in [6, 6.07) is 79.3. The molecule has 0 fully saturated rings. The van der Waals surface area contributed by atoms with Gasteiger partial charge in [0.25, 0.3) is 0 Å². The molecule has 0 N–H and O–H groups in total. The summed E-state index contributed by atoms with van der Waals surface area (Å²) in [7, 11) is 0. The van der Waals surface area contributed by atoms with Crippen LogP contribution in [0, 0.1) is 0 Å². The van der Waals surface area contributed by atoms with E-state index in [-0.39, 0.29) is 0 Å². The maximum absolute atomic E-state index is 2.46. The number of benzene rings is 9. The second kappa shape index (κ2) is 13.2. The molecule has 0 saturated carbocycles. The van der Waals surface area contributed by atoms with Gasteiger partial charge in [0.05, 0.1) is 27.8 Å². The molecular formula is C54H36N2. The molecule has 0 atom stereocenters. The van der Waals surface area contributed by atoms with E-state index >= 15 is 0 Å². The van der Waals surface area contributed by atoms with Crippen LogP contribution in [0.2, 0.25) is 0 Å². The Labute approximate surface area is 325 Å². The number of hydrogen-bond acceptors (Lipinski definition) is 0. The van der Waals surface area contributed by atoms with Gasteiger partial charge in [-0.3, -0.25) is 0 Å². The molecular weight excluding hydrogens is 677 g/mol. The van der Waals surface area contributed by atoms with Gasteiger partial charge >= 0.3 is 0 Å². The summed E-state index contributed by atoms with van der Waals surface area (Å²) in [5.74, 6) is 0. The van der Waals surface area contributed by atoms with E-state index in [0.717, 1.165) is 5.69 Å². The summed E-state index contributed by atoms with van der Waals surface area (Å²) >= 11 is 0. The standard InChI is InChI=1S/C54H36N2/c1-3-15-37(16-4-1)38-29-31-39(32-30-38)40-33-35-42(36-34-40)55-49-25-11-8-20-46(49)53-44(22-13-27-51(53)55)45-23-14-28-52-54(45)47-21-9-12-26-50(47)56(52)48-24-10-7-19-43(48)41-17-5-2-6-18-41/h1-36H. The fourth-order valence-electron chi connectivity index (χ4n) is 8.84. The topological polar surface area (TPSA) is 9.86 Å². The molecule has 0 bridgehead atoms. The molecule has 2 aromatic heterocycles. The normalized spacial score (nSPS) is 11.6. The third-order valence-electron chi connectivity index (χ3n) is 11.4. The first-order valence-electron chi connectivity index (χ1n) is 19.3. The van der Waals surface area contributed by atoms with Crippen LogP contribution >= 0.6 is 0 Å². The SMILES string of the molecule is c1ccc(-c2ccc(-c3ccc(-n4c5ccccc5c5c(-c6cccc7c6c6ccccc6n7-c6ccccc6-c6ccccc6)cccc54)cc3)cc2)cc1. The van der Waals surface area contributed by atoms with Crippen LogP contribution in [0.15, 0.2) is 218 Å². The average molecular weight is 713 g/mol. The maximum Gasteiger partial charge on any atom is 0.0547 e. The smallest absolute Gasteiger partial charge is 0.0547 e. The summed E-state index contributed by atoms with van der Waals surface area (Å²) in [6.45, 7) is 0. The molecule has 11 rings (SSSR count). The first kappa shape index (κ1) is 32.0. The van der Waals surface area contributed by atoms with Gasteiger partial charge in [-0.05, 0) is 81.4 Å². The largest absolute Gasteiger partial charge is 0.309 e. The Balaban J connectivity index is 1.08. The van der Waals surface area contributed by atoms with Gasteiger partial charge in [-0.15, -0.1) is 0 Å². The Hall–Kier alpha value is -7.42. The molecule has 9 aromatic carbocycles. The van der Waals surface area contributed by atoms with Crippen molar-refractivity contribution in [3.8, 4) is 55.9 Å². The Kier molecular flexibility index (Phi) is 7.53. The quantitative estimate of drug-likeness (QED) is 0.162. The van der Waals surface area contributed by atoms with Crippen LogP contribution in [-0.2, 0) is 0 Å². The van der Waals surface area contributed by atoms with Crippen LogP contribution in [0.3, 0.4) is 0 Å². The Morgan fingerprint density at radius 2 is 0.625 bits per heavy atom. The highest BCUT2D eigenvalue weighted by Gasteiger charge is 2.21. The van der Waals surface area contributed by atoms with Crippen molar-refractivity contribution in [3.63, 3.8) is 0 Å². The molecule has 0 radical (unpaired) electrons. The van der Waals surface area contributed by atoms with E-state index in [9.17, 15) is 0 Å². The lowest BCUT2D eigenvalue weighted by molar-refractivity contribution is 1.18. The first-order valence-corrected chi connectivity index (χ1v) is 19.3. The molecule has 0 saturated heterocycles. The molecule has 262 valence electrons. The highest BCUT2D eigenvalue weighted by molar-refractivity contribution is 6.22. The maximum atomic E-state index is 2.46. The van der Waals surface area contributed by atoms with Crippen molar-refractivity contribution in [3.05, 3.63) is 218 Å². The van der Waals surface area contributed by atoms with Crippen LogP contribution in [0.4, 0.5) is 0 Å². The van der Waals surface area contributed by atoms with Gasteiger partial charge in [0.15, 0.2) is 0 Å². The molecule has 56 heavy (non-hydrogen) atoms. The molecule has 2 heteroatoms. The second-order valence-electron chi connectivity index (χ2n) is 14.5. The molecule has 11 aromatic rings. The minimum Gasteiger partial charge on any atom is -0.309 e. The number of nitrogens with zero attached hydrogens (tertiary/aromatic N) is 2. The predicted molar refractivity (Wildman–Crippen MR) is 237 cm³/mol. The summed E-state index contributed by atoms with van der Waals surface area (Å²) in [4.78, 5) is 0. The molecule has 0 spiro atoms. The molecule has 0 amide bonds. The summed E-state index contributed by atoms with van der Waals surface area (Å²) < 4.78 is 4.88. The number of aromatic nitrogens is 2. The van der Waals surface area contributed by atoms with E-state index in [1.807, 2.05) is 0 Å². The van der Waals surface area contributed by atoms with Crippen molar-refractivity contribution in [2.75, 3.05) is 0 Å². The van der Waals surface area contributed by atoms with Crippen LogP contribution in [0.25, 0.3) is 99.5 Å². The molecule has 0 aliphatic carbocycles. The lowest BCUT2D eigenvalue weighted by Crippen LogP contribution is -1.97. The van der Waals surface area contributed by atoms with Crippen LogP contribution in [0.5, 0.6) is 0 Å². The monoisotopic (exact) mass is 712 g/mol. The van der Waals surface area contributed by atoms with Crippen molar-refractivity contribution in [1.82, 2.24) is 9.13 Å². The van der Waals surface area contributed by atoms with E-state index in [1.165, 1.54) is 93.8 Å². The lowest BCUT2D eigenvalue weighted by atomic mass is 9.95. The van der Waals surface area contributed by atoms with Crippen molar-refractivity contribution in [1.29, 1.82) is 0 Å². The van der Waals surface area contributed by atoms with Crippen LogP contribution in [0.1, 0.15) is 0 Å². The van der Waals surface area contributed by atoms with E-state index in [4.69, 9.17) is 0 Å². The minimum atomic E-state index is 1.14. The number of para-hydroxylation sites is 3. The fourth-order valence-corrected chi connectivity index (χ4v) is 8.84. The van der Waals surface area contributed by atoms with E-state index in [0.29, 0.717) is 0 Å². The Bertz CT molecular complexity index is 3200. The number of fused-ring (bicyclic) bond motifs is 6. The van der Waals surface area contributed by atoms with Crippen LogP contribution in [-0.4, -0.2) is 9.13 Å². The van der Waals surface area contributed by atoms with Crippen molar-refractivity contribution >= 4 is 43.6 Å². The van der Waals surface area contributed by atoms with Gasteiger partial charge in [0.2, 0.25) is 0 Å². The number of rotatable bonds is 6. The molecule has 0 aliphatic heterocycles. The first-order chi connectivity index (χ1) is 27.8. The molecule has 2 nitrogen and oxygen atoms in total. The highest BCUT2D eigenvalue weighted by atomic mass is 15.0. The van der Waals surface area contributed by atoms with Gasteiger partial charge in [-0.1, -0.05) is 176 Å². The lowest BCUT2D eigenvalue weighted by Gasteiger charge is -2.14. The molecule has 0 unspecified atom stereocenters. The van der Waals surface area contributed by atoms with Gasteiger partial charge in [-0.2, -0.15) is 0 Å². The fraction of sp³-hybridized carbons (Fsp3) is 0. The predicted octanol–water partition coefficient (Wildman–Crippen LogP) is 14.5. The third kappa shape index (κ3) is 5.11. The van der Waals surface area contributed by atoms with Gasteiger partial charge in [0, 0.05) is 32.8 Å². The zero-order valence-electron chi connectivity index (χ0n) is 30.7. The number of hydrogen-bond donors (Lipinski definition) is 0. The van der Waals surface area contributed by atoms with E-state index in [1.54, 1.807) is 0 Å².